The van der Waals surface area contributed by atoms with Crippen molar-refractivity contribution >= 4 is 5.97 Å². The molecule has 0 bridgehead atoms. The summed E-state index contributed by atoms with van der Waals surface area (Å²) in [4.78, 5) is 17.8. The van der Waals surface area contributed by atoms with Gasteiger partial charge in [0.15, 0.2) is 0 Å². The smallest absolute Gasteiger partial charge is 0.319 e. The van der Waals surface area contributed by atoms with Gasteiger partial charge in [-0.25, -0.2) is 4.79 Å². The van der Waals surface area contributed by atoms with Gasteiger partial charge in [-0.1, -0.05) is 102 Å². The maximum atomic E-state index is 11.6. The number of hydrogen-bond donors (Lipinski definition) is 0. The second kappa shape index (κ2) is 16.2. The number of carbonyl (C=O) groups excluding carboxylic acids is 1. The molecule has 4 heteroatoms. The van der Waals surface area contributed by atoms with Crippen LogP contribution in [0, 0.1) is 0 Å². The molecule has 1 heterocycles. The molecule has 4 nitrogen and oxygen atoms in total. The summed E-state index contributed by atoms with van der Waals surface area (Å²) in [6.45, 7) is 2.27. The molecule has 1 rings (SSSR count). The first-order chi connectivity index (χ1) is 12.3. The average Bonchev–Trinajstić information content (AvgIpc) is 3.11. The molecule has 0 aliphatic heterocycles. The number of nitrogens with zero attached hydrogens (tertiary/aromatic N) is 2. The molecule has 0 amide bonds. The molecule has 0 unspecified atom stereocenters. The predicted octanol–water partition coefficient (Wildman–Crippen LogP) is 6.10. The fraction of sp³-hybridized carbons (Fsp3) is 0.810. The molecule has 0 saturated carbocycles. The van der Waals surface area contributed by atoms with E-state index in [1.807, 2.05) is 0 Å². The zero-order chi connectivity index (χ0) is 18.0. The van der Waals surface area contributed by atoms with Crippen LogP contribution in [0.3, 0.4) is 0 Å². The topological polar surface area (TPSA) is 44.1 Å². The van der Waals surface area contributed by atoms with Gasteiger partial charge < -0.3 is 4.84 Å². The summed E-state index contributed by atoms with van der Waals surface area (Å²) in [6, 6.07) is 1.74. The van der Waals surface area contributed by atoms with E-state index in [9.17, 15) is 4.79 Å². The molecule has 0 saturated heterocycles. The Labute approximate surface area is 154 Å². The molecule has 0 N–H and O–H groups in total. The first-order valence-electron chi connectivity index (χ1n) is 10.5. The van der Waals surface area contributed by atoms with E-state index in [4.69, 9.17) is 4.84 Å². The van der Waals surface area contributed by atoms with Crippen LogP contribution >= 0.6 is 0 Å². The van der Waals surface area contributed by atoms with Crippen LogP contribution < -0.4 is 4.84 Å². The third-order valence-corrected chi connectivity index (χ3v) is 4.66. The monoisotopic (exact) mass is 350 g/mol. The van der Waals surface area contributed by atoms with Gasteiger partial charge >= 0.3 is 5.97 Å². The Kier molecular flexibility index (Phi) is 14.0. The summed E-state index contributed by atoms with van der Waals surface area (Å²) in [5, 5.41) is 3.85. The van der Waals surface area contributed by atoms with E-state index in [-0.39, 0.29) is 5.97 Å². The van der Waals surface area contributed by atoms with Gasteiger partial charge in [0.25, 0.3) is 0 Å². The Morgan fingerprint density at radius 1 is 0.800 bits per heavy atom. The van der Waals surface area contributed by atoms with E-state index in [1.54, 1.807) is 18.5 Å². The van der Waals surface area contributed by atoms with E-state index in [0.29, 0.717) is 6.42 Å². The van der Waals surface area contributed by atoms with Gasteiger partial charge in [-0.05, 0) is 12.5 Å². The molecule has 25 heavy (non-hydrogen) atoms. The number of unbranched alkanes of at least 4 members (excludes halogenated alkanes) is 14. The van der Waals surface area contributed by atoms with Crippen LogP contribution in [0.15, 0.2) is 18.5 Å². The highest BCUT2D eigenvalue weighted by atomic mass is 16.7. The van der Waals surface area contributed by atoms with Crippen molar-refractivity contribution in [3.05, 3.63) is 18.5 Å². The number of carbonyl (C=O) groups is 1. The minimum Gasteiger partial charge on any atom is -0.319 e. The first-order valence-corrected chi connectivity index (χ1v) is 10.5. The molecule has 1 aromatic rings. The van der Waals surface area contributed by atoms with Crippen LogP contribution in [0.1, 0.15) is 110 Å². The van der Waals surface area contributed by atoms with Crippen LogP contribution in [-0.2, 0) is 4.79 Å². The van der Waals surface area contributed by atoms with Crippen molar-refractivity contribution in [2.75, 3.05) is 0 Å². The lowest BCUT2D eigenvalue weighted by atomic mass is 10.0. The third-order valence-electron chi connectivity index (χ3n) is 4.66. The second-order valence-corrected chi connectivity index (χ2v) is 7.07. The van der Waals surface area contributed by atoms with Crippen molar-refractivity contribution in [1.82, 2.24) is 9.94 Å². The van der Waals surface area contributed by atoms with Gasteiger partial charge in [0.05, 0.1) is 12.4 Å². The molecule has 144 valence electrons. The van der Waals surface area contributed by atoms with Crippen molar-refractivity contribution in [3.63, 3.8) is 0 Å². The highest BCUT2D eigenvalue weighted by Crippen LogP contribution is 2.13. The summed E-state index contributed by atoms with van der Waals surface area (Å²) in [5.74, 6) is -0.196. The van der Waals surface area contributed by atoms with Crippen LogP contribution in [0.5, 0.6) is 0 Å². The molecule has 0 aromatic carbocycles. The van der Waals surface area contributed by atoms with Gasteiger partial charge in [-0.15, -0.1) is 5.10 Å². The van der Waals surface area contributed by atoms with Crippen molar-refractivity contribution in [2.24, 2.45) is 0 Å². The van der Waals surface area contributed by atoms with Crippen molar-refractivity contribution in [1.29, 1.82) is 0 Å². The van der Waals surface area contributed by atoms with E-state index >= 15 is 0 Å². The molecule has 0 aliphatic rings. The highest BCUT2D eigenvalue weighted by molar-refractivity contribution is 5.69. The number of rotatable bonds is 17. The largest absolute Gasteiger partial charge is 0.334 e. The van der Waals surface area contributed by atoms with Gasteiger partial charge in [-0.3, -0.25) is 0 Å². The Bertz CT molecular complexity index is 404. The van der Waals surface area contributed by atoms with Crippen molar-refractivity contribution in [3.8, 4) is 0 Å². The summed E-state index contributed by atoms with van der Waals surface area (Å²) in [5.41, 5.74) is 0. The van der Waals surface area contributed by atoms with Gasteiger partial charge in [0.2, 0.25) is 0 Å². The van der Waals surface area contributed by atoms with E-state index in [0.717, 1.165) is 12.8 Å². The zero-order valence-electron chi connectivity index (χ0n) is 16.3. The van der Waals surface area contributed by atoms with Gasteiger partial charge in [-0.2, -0.15) is 0 Å². The highest BCUT2D eigenvalue weighted by Gasteiger charge is 2.04. The molecule has 0 atom stereocenters. The van der Waals surface area contributed by atoms with Crippen LogP contribution in [0.4, 0.5) is 0 Å². The lowest BCUT2D eigenvalue weighted by Gasteiger charge is -2.04. The quantitative estimate of drug-likeness (QED) is 0.319. The molecule has 0 fully saturated rings. The summed E-state index contributed by atoms with van der Waals surface area (Å²) < 4.78 is 0. The molecule has 0 spiro atoms. The summed E-state index contributed by atoms with van der Waals surface area (Å²) in [7, 11) is 0. The number of aromatic nitrogens is 2. The fourth-order valence-electron chi connectivity index (χ4n) is 3.10. The molecule has 0 aliphatic carbocycles. The first kappa shape index (κ1) is 21.7. The maximum Gasteiger partial charge on any atom is 0.334 e. The Morgan fingerprint density at radius 2 is 1.28 bits per heavy atom. The van der Waals surface area contributed by atoms with E-state index in [1.165, 1.54) is 88.3 Å². The molecule has 1 aromatic heterocycles. The van der Waals surface area contributed by atoms with Crippen LogP contribution in [0.25, 0.3) is 0 Å². The van der Waals surface area contributed by atoms with Gasteiger partial charge in [0.1, 0.15) is 0 Å². The Morgan fingerprint density at radius 3 is 1.72 bits per heavy atom. The molecular weight excluding hydrogens is 312 g/mol. The molecule has 0 radical (unpaired) electrons. The SMILES string of the molecule is CCCCCCCCCCCCCCCCCC(=O)On1cccn1. The van der Waals surface area contributed by atoms with Crippen molar-refractivity contribution in [2.45, 2.75) is 110 Å². The minimum absolute atomic E-state index is 0.196. The van der Waals surface area contributed by atoms with E-state index < -0.39 is 0 Å². The zero-order valence-corrected chi connectivity index (χ0v) is 16.3. The van der Waals surface area contributed by atoms with Crippen LogP contribution in [0.2, 0.25) is 0 Å². The second-order valence-electron chi connectivity index (χ2n) is 7.07. The Balaban J connectivity index is 1.74. The lowest BCUT2D eigenvalue weighted by molar-refractivity contribution is -0.145. The van der Waals surface area contributed by atoms with Gasteiger partial charge in [0, 0.05) is 6.42 Å². The third kappa shape index (κ3) is 13.6. The van der Waals surface area contributed by atoms with E-state index in [2.05, 4.69) is 12.0 Å². The Hall–Kier alpha value is -1.32. The van der Waals surface area contributed by atoms with Crippen molar-refractivity contribution < 1.29 is 9.63 Å². The summed E-state index contributed by atoms with van der Waals surface area (Å²) >= 11 is 0. The summed E-state index contributed by atoms with van der Waals surface area (Å²) in [6.07, 6.45) is 23.7. The lowest BCUT2D eigenvalue weighted by Crippen LogP contribution is -2.19. The average molecular weight is 351 g/mol. The normalized spacial score (nSPS) is 10.9. The fourth-order valence-corrected chi connectivity index (χ4v) is 3.10. The standard InChI is InChI=1S/C21H38N2O2/c1-2-3-4-5-6-7-8-9-10-11-12-13-14-15-16-18-21(24)25-23-20-17-19-22-23/h17,19-20H,2-16,18H2,1H3. The minimum atomic E-state index is -0.196. The molecular formula is C21H38N2O2. The maximum absolute atomic E-state index is 11.6. The van der Waals surface area contributed by atoms with Crippen LogP contribution in [-0.4, -0.2) is 15.9 Å². The predicted molar refractivity (Wildman–Crippen MR) is 103 cm³/mol. The number of hydrogen-bond acceptors (Lipinski definition) is 3.